The fraction of sp³-hybridized carbons (Fsp3) is 0.833. The lowest BCUT2D eigenvalue weighted by Crippen LogP contribution is -2.16. The highest BCUT2D eigenvalue weighted by Gasteiger charge is 2.16. The average molecular weight is 255 g/mol. The lowest BCUT2D eigenvalue weighted by molar-refractivity contribution is 0.372. The van der Waals surface area contributed by atoms with E-state index in [9.17, 15) is 0 Å². The van der Waals surface area contributed by atoms with E-state index >= 15 is 0 Å². The largest absolute Gasteiger partial charge is 0.339 e. The molecule has 0 radical (unpaired) electrons. The van der Waals surface area contributed by atoms with Gasteiger partial charge >= 0.3 is 0 Å². The van der Waals surface area contributed by atoms with Crippen molar-refractivity contribution in [1.82, 2.24) is 15.5 Å². The SMILES string of the molecule is CCNCCc1nc(CSC2CCCC2)no1. The Morgan fingerprint density at radius 2 is 2.24 bits per heavy atom. The van der Waals surface area contributed by atoms with Gasteiger partial charge in [0.25, 0.3) is 0 Å². The fourth-order valence-electron chi connectivity index (χ4n) is 2.07. The predicted octanol–water partition coefficient (Wildman–Crippen LogP) is 2.40. The monoisotopic (exact) mass is 255 g/mol. The van der Waals surface area contributed by atoms with E-state index in [4.69, 9.17) is 4.52 Å². The minimum absolute atomic E-state index is 0.757. The molecule has 0 bridgehead atoms. The van der Waals surface area contributed by atoms with Crippen molar-refractivity contribution in [3.8, 4) is 0 Å². The quantitative estimate of drug-likeness (QED) is 0.758. The Balaban J connectivity index is 1.69. The Hall–Kier alpha value is -0.550. The van der Waals surface area contributed by atoms with Gasteiger partial charge in [0.2, 0.25) is 5.89 Å². The van der Waals surface area contributed by atoms with Crippen LogP contribution in [0.3, 0.4) is 0 Å². The van der Waals surface area contributed by atoms with Crippen molar-refractivity contribution in [2.24, 2.45) is 0 Å². The van der Waals surface area contributed by atoms with E-state index < -0.39 is 0 Å². The molecule has 1 N–H and O–H groups in total. The van der Waals surface area contributed by atoms with E-state index in [0.717, 1.165) is 42.2 Å². The molecule has 0 aliphatic heterocycles. The molecule has 0 unspecified atom stereocenters. The van der Waals surface area contributed by atoms with E-state index in [1.165, 1.54) is 25.7 Å². The molecule has 1 fully saturated rings. The second-order valence-corrected chi connectivity index (χ2v) is 5.71. The molecule has 0 saturated heterocycles. The Labute approximate surface area is 107 Å². The van der Waals surface area contributed by atoms with Crippen LogP contribution in [-0.2, 0) is 12.2 Å². The van der Waals surface area contributed by atoms with E-state index in [0.29, 0.717) is 0 Å². The van der Waals surface area contributed by atoms with Gasteiger partial charge in [-0.1, -0.05) is 24.9 Å². The highest BCUT2D eigenvalue weighted by atomic mass is 32.2. The molecule has 0 aromatic carbocycles. The van der Waals surface area contributed by atoms with Crippen LogP contribution >= 0.6 is 11.8 Å². The van der Waals surface area contributed by atoms with Crippen molar-refractivity contribution in [3.05, 3.63) is 11.7 Å². The highest BCUT2D eigenvalue weighted by Crippen LogP contribution is 2.30. The Bertz CT molecular complexity index is 323. The summed E-state index contributed by atoms with van der Waals surface area (Å²) >= 11 is 1.98. The van der Waals surface area contributed by atoms with Crippen molar-refractivity contribution in [2.45, 2.75) is 50.0 Å². The lowest BCUT2D eigenvalue weighted by atomic mass is 10.4. The zero-order valence-electron chi connectivity index (χ0n) is 10.4. The average Bonchev–Trinajstić information content (AvgIpc) is 2.98. The highest BCUT2D eigenvalue weighted by molar-refractivity contribution is 7.99. The first kappa shape index (κ1) is 12.9. The molecular weight excluding hydrogens is 234 g/mol. The number of hydrogen-bond donors (Lipinski definition) is 1. The second kappa shape index (κ2) is 7.01. The van der Waals surface area contributed by atoms with Crippen LogP contribution in [0, 0.1) is 0 Å². The zero-order chi connectivity index (χ0) is 11.9. The van der Waals surface area contributed by atoms with E-state index in [1.807, 2.05) is 11.8 Å². The molecule has 1 aromatic rings. The standard InChI is InChI=1S/C12H21N3OS/c1-2-13-8-7-12-14-11(15-16-12)9-17-10-5-3-4-6-10/h10,13H,2-9H2,1H3. The number of nitrogens with one attached hydrogen (secondary N) is 1. The normalized spacial score (nSPS) is 16.8. The summed E-state index contributed by atoms with van der Waals surface area (Å²) in [5.74, 6) is 2.51. The van der Waals surface area contributed by atoms with Gasteiger partial charge in [-0.25, -0.2) is 0 Å². The first-order valence-corrected chi connectivity index (χ1v) is 7.57. The first-order chi connectivity index (χ1) is 8.38. The Kier molecular flexibility index (Phi) is 5.32. The smallest absolute Gasteiger partial charge is 0.227 e. The predicted molar refractivity (Wildman–Crippen MR) is 70.1 cm³/mol. The molecule has 0 spiro atoms. The molecule has 1 aliphatic carbocycles. The van der Waals surface area contributed by atoms with E-state index in [2.05, 4.69) is 22.4 Å². The molecule has 17 heavy (non-hydrogen) atoms. The van der Waals surface area contributed by atoms with Gasteiger partial charge in [-0.2, -0.15) is 16.7 Å². The van der Waals surface area contributed by atoms with Gasteiger partial charge in [0.1, 0.15) is 0 Å². The van der Waals surface area contributed by atoms with E-state index in [1.54, 1.807) is 0 Å². The van der Waals surface area contributed by atoms with Crippen molar-refractivity contribution >= 4 is 11.8 Å². The second-order valence-electron chi connectivity index (χ2n) is 4.43. The molecule has 2 rings (SSSR count). The van der Waals surface area contributed by atoms with Crippen LogP contribution in [0.15, 0.2) is 4.52 Å². The molecule has 0 amide bonds. The van der Waals surface area contributed by atoms with Gasteiger partial charge in [-0.3, -0.25) is 0 Å². The van der Waals surface area contributed by atoms with Gasteiger partial charge in [-0.15, -0.1) is 0 Å². The van der Waals surface area contributed by atoms with Crippen molar-refractivity contribution in [1.29, 1.82) is 0 Å². The van der Waals surface area contributed by atoms with Gasteiger partial charge in [0.05, 0.1) is 5.75 Å². The molecular formula is C12H21N3OS. The van der Waals surface area contributed by atoms with Gasteiger partial charge in [0.15, 0.2) is 5.82 Å². The maximum atomic E-state index is 5.21. The van der Waals surface area contributed by atoms with Gasteiger partial charge < -0.3 is 9.84 Å². The van der Waals surface area contributed by atoms with Crippen LogP contribution in [0.5, 0.6) is 0 Å². The third-order valence-corrected chi connectivity index (χ3v) is 4.39. The van der Waals surface area contributed by atoms with Crippen LogP contribution in [0.4, 0.5) is 0 Å². The number of aromatic nitrogens is 2. The zero-order valence-corrected chi connectivity index (χ0v) is 11.3. The molecule has 1 saturated carbocycles. The molecule has 0 atom stereocenters. The molecule has 1 heterocycles. The molecule has 1 aromatic heterocycles. The van der Waals surface area contributed by atoms with E-state index in [-0.39, 0.29) is 0 Å². The lowest BCUT2D eigenvalue weighted by Gasteiger charge is -2.04. The molecule has 1 aliphatic rings. The molecule has 5 heteroatoms. The number of likely N-dealkylation sites (N-methyl/N-ethyl adjacent to an activating group) is 1. The van der Waals surface area contributed by atoms with Gasteiger partial charge in [0, 0.05) is 18.2 Å². The topological polar surface area (TPSA) is 51.0 Å². The minimum Gasteiger partial charge on any atom is -0.339 e. The van der Waals surface area contributed by atoms with Crippen LogP contribution in [0.1, 0.15) is 44.3 Å². The van der Waals surface area contributed by atoms with Crippen LogP contribution in [0.2, 0.25) is 0 Å². The number of hydrogen-bond acceptors (Lipinski definition) is 5. The fourth-order valence-corrected chi connectivity index (χ4v) is 3.24. The summed E-state index contributed by atoms with van der Waals surface area (Å²) in [7, 11) is 0. The summed E-state index contributed by atoms with van der Waals surface area (Å²) in [6.07, 6.45) is 6.32. The Morgan fingerprint density at radius 3 is 3.00 bits per heavy atom. The summed E-state index contributed by atoms with van der Waals surface area (Å²) < 4.78 is 5.21. The van der Waals surface area contributed by atoms with Crippen molar-refractivity contribution in [2.75, 3.05) is 13.1 Å². The van der Waals surface area contributed by atoms with Crippen LogP contribution in [-0.4, -0.2) is 28.5 Å². The van der Waals surface area contributed by atoms with Crippen LogP contribution < -0.4 is 5.32 Å². The third-order valence-electron chi connectivity index (χ3n) is 3.03. The molecule has 4 nitrogen and oxygen atoms in total. The summed E-state index contributed by atoms with van der Waals surface area (Å²) in [6, 6.07) is 0. The van der Waals surface area contributed by atoms with Gasteiger partial charge in [-0.05, 0) is 19.4 Å². The summed E-state index contributed by atoms with van der Waals surface area (Å²) in [4.78, 5) is 4.40. The maximum Gasteiger partial charge on any atom is 0.227 e. The minimum atomic E-state index is 0.757. The summed E-state index contributed by atoms with van der Waals surface area (Å²) in [6.45, 7) is 3.99. The number of nitrogens with zero attached hydrogens (tertiary/aromatic N) is 2. The molecule has 96 valence electrons. The number of rotatable bonds is 7. The first-order valence-electron chi connectivity index (χ1n) is 6.52. The summed E-state index contributed by atoms with van der Waals surface area (Å²) in [5, 5.41) is 8.09. The summed E-state index contributed by atoms with van der Waals surface area (Å²) in [5.41, 5.74) is 0. The number of thioether (sulfide) groups is 1. The van der Waals surface area contributed by atoms with Crippen molar-refractivity contribution < 1.29 is 4.52 Å². The van der Waals surface area contributed by atoms with Crippen LogP contribution in [0.25, 0.3) is 0 Å². The van der Waals surface area contributed by atoms with Crippen molar-refractivity contribution in [3.63, 3.8) is 0 Å². The maximum absolute atomic E-state index is 5.21. The Morgan fingerprint density at radius 1 is 1.41 bits per heavy atom. The third kappa shape index (κ3) is 4.32.